The molecule has 0 radical (unpaired) electrons. The third kappa shape index (κ3) is 5.38. The number of guanidine groups is 1. The van der Waals surface area contributed by atoms with Crippen LogP contribution in [-0.4, -0.2) is 50.0 Å². The molecule has 0 aromatic heterocycles. The van der Waals surface area contributed by atoms with Gasteiger partial charge in [-0.2, -0.15) is 0 Å². The van der Waals surface area contributed by atoms with E-state index in [0.717, 1.165) is 51.4 Å². The maximum Gasteiger partial charge on any atom is 0.223 e. The van der Waals surface area contributed by atoms with Gasteiger partial charge in [0, 0.05) is 39.1 Å². The van der Waals surface area contributed by atoms with E-state index in [1.807, 2.05) is 7.05 Å². The van der Waals surface area contributed by atoms with Crippen LogP contribution >= 0.6 is 0 Å². The Morgan fingerprint density at radius 1 is 1.25 bits per heavy atom. The quantitative estimate of drug-likeness (QED) is 0.427. The monoisotopic (exact) mass is 336 g/mol. The van der Waals surface area contributed by atoms with E-state index in [9.17, 15) is 4.79 Å². The Bertz CT molecular complexity index is 429. The Balaban J connectivity index is 1.67. The van der Waals surface area contributed by atoms with Crippen LogP contribution in [0.2, 0.25) is 0 Å². The first-order valence-corrected chi connectivity index (χ1v) is 9.81. The molecule has 1 aliphatic heterocycles. The number of piperidine rings is 1. The normalized spacial score (nSPS) is 25.3. The molecule has 0 aromatic carbocycles. The van der Waals surface area contributed by atoms with E-state index in [-0.39, 0.29) is 11.8 Å². The summed E-state index contributed by atoms with van der Waals surface area (Å²) in [4.78, 5) is 18.7. The van der Waals surface area contributed by atoms with Crippen molar-refractivity contribution in [3.05, 3.63) is 0 Å². The zero-order valence-electron chi connectivity index (χ0n) is 15.9. The average Bonchev–Trinajstić information content (AvgIpc) is 2.49. The van der Waals surface area contributed by atoms with E-state index in [0.29, 0.717) is 5.41 Å². The summed E-state index contributed by atoms with van der Waals surface area (Å²) >= 11 is 0. The fourth-order valence-corrected chi connectivity index (χ4v) is 3.95. The Morgan fingerprint density at radius 2 is 2.00 bits per heavy atom. The highest BCUT2D eigenvalue weighted by Crippen LogP contribution is 2.33. The second-order valence-electron chi connectivity index (χ2n) is 7.83. The third-order valence-corrected chi connectivity index (χ3v) is 5.56. The molecule has 0 spiro atoms. The number of nitrogens with one attached hydrogen (secondary N) is 2. The zero-order chi connectivity index (χ0) is 17.4. The Hall–Kier alpha value is -1.26. The molecule has 1 aliphatic carbocycles. The summed E-state index contributed by atoms with van der Waals surface area (Å²) in [6.45, 7) is 8.49. The van der Waals surface area contributed by atoms with E-state index in [2.05, 4.69) is 34.4 Å². The molecule has 1 saturated heterocycles. The number of carbonyl (C=O) groups is 1. The lowest BCUT2D eigenvalue weighted by atomic mass is 9.78. The first kappa shape index (κ1) is 19.1. The van der Waals surface area contributed by atoms with Gasteiger partial charge in [-0.3, -0.25) is 9.79 Å². The van der Waals surface area contributed by atoms with Crippen molar-refractivity contribution in [1.29, 1.82) is 0 Å². The largest absolute Gasteiger partial charge is 0.356 e. The molecule has 2 rings (SSSR count). The lowest BCUT2D eigenvalue weighted by molar-refractivity contribution is -0.127. The van der Waals surface area contributed by atoms with Crippen LogP contribution in [0, 0.1) is 11.3 Å². The minimum Gasteiger partial charge on any atom is -0.356 e. The maximum absolute atomic E-state index is 11.8. The van der Waals surface area contributed by atoms with Crippen molar-refractivity contribution in [3.8, 4) is 0 Å². The van der Waals surface area contributed by atoms with E-state index in [1.54, 1.807) is 0 Å². The van der Waals surface area contributed by atoms with Crippen LogP contribution in [0.25, 0.3) is 0 Å². The highest BCUT2D eigenvalue weighted by atomic mass is 16.1. The molecule has 5 heteroatoms. The first-order chi connectivity index (χ1) is 11.6. The van der Waals surface area contributed by atoms with E-state index in [4.69, 9.17) is 0 Å². The number of amides is 1. The van der Waals surface area contributed by atoms with Crippen molar-refractivity contribution in [1.82, 2.24) is 15.5 Å². The number of hydrogen-bond acceptors (Lipinski definition) is 2. The summed E-state index contributed by atoms with van der Waals surface area (Å²) in [5.41, 5.74) is 0.418. The standard InChI is InChI=1S/C19H36N4O/c1-4-10-19(2)11-6-14-23(15-19)18(20-3)22-13-7-12-21-17(24)16-8-5-9-16/h16H,4-15H2,1-3H3,(H,20,22)(H,21,24). The van der Waals surface area contributed by atoms with Gasteiger partial charge in [-0.15, -0.1) is 0 Å². The minimum absolute atomic E-state index is 0.247. The van der Waals surface area contributed by atoms with Gasteiger partial charge < -0.3 is 15.5 Å². The highest BCUT2D eigenvalue weighted by Gasteiger charge is 2.31. The maximum atomic E-state index is 11.8. The minimum atomic E-state index is 0.247. The Labute approximate surface area is 147 Å². The van der Waals surface area contributed by atoms with Crippen molar-refractivity contribution < 1.29 is 4.79 Å². The zero-order valence-corrected chi connectivity index (χ0v) is 15.9. The van der Waals surface area contributed by atoms with Crippen molar-refractivity contribution in [3.63, 3.8) is 0 Å². The second kappa shape index (κ2) is 9.28. The predicted molar refractivity (Wildman–Crippen MR) is 100 cm³/mol. The lowest BCUT2D eigenvalue weighted by Gasteiger charge is -2.42. The topological polar surface area (TPSA) is 56.7 Å². The van der Waals surface area contributed by atoms with Gasteiger partial charge in [-0.05, 0) is 43.9 Å². The fraction of sp³-hybridized carbons (Fsp3) is 0.895. The van der Waals surface area contributed by atoms with E-state index < -0.39 is 0 Å². The predicted octanol–water partition coefficient (Wildman–Crippen LogP) is 2.77. The molecule has 1 unspecified atom stereocenters. The molecule has 2 aliphatic rings. The molecule has 1 amide bonds. The molecule has 1 atom stereocenters. The van der Waals surface area contributed by atoms with Crippen LogP contribution in [0.4, 0.5) is 0 Å². The summed E-state index contributed by atoms with van der Waals surface area (Å²) in [5.74, 6) is 1.55. The van der Waals surface area contributed by atoms with Gasteiger partial charge in [0.05, 0.1) is 0 Å². The van der Waals surface area contributed by atoms with Crippen LogP contribution in [0.1, 0.15) is 65.2 Å². The third-order valence-electron chi connectivity index (χ3n) is 5.56. The molecule has 5 nitrogen and oxygen atoms in total. The van der Waals surface area contributed by atoms with Gasteiger partial charge >= 0.3 is 0 Å². The van der Waals surface area contributed by atoms with Crippen molar-refractivity contribution in [2.24, 2.45) is 16.3 Å². The average molecular weight is 337 g/mol. The van der Waals surface area contributed by atoms with Crippen molar-refractivity contribution in [2.75, 3.05) is 33.2 Å². The lowest BCUT2D eigenvalue weighted by Crippen LogP contribution is -2.50. The van der Waals surface area contributed by atoms with Crippen LogP contribution in [0.15, 0.2) is 4.99 Å². The molecular formula is C19H36N4O. The summed E-state index contributed by atoms with van der Waals surface area (Å²) < 4.78 is 0. The molecule has 1 heterocycles. The van der Waals surface area contributed by atoms with Crippen LogP contribution in [0.3, 0.4) is 0 Å². The fourth-order valence-electron chi connectivity index (χ4n) is 3.95. The van der Waals surface area contributed by atoms with E-state index >= 15 is 0 Å². The summed E-state index contributed by atoms with van der Waals surface area (Å²) in [6.07, 6.45) is 9.39. The number of rotatable bonds is 7. The van der Waals surface area contributed by atoms with Gasteiger partial charge in [0.1, 0.15) is 0 Å². The summed E-state index contributed by atoms with van der Waals surface area (Å²) in [6, 6.07) is 0. The molecule has 138 valence electrons. The van der Waals surface area contributed by atoms with Gasteiger partial charge in [0.15, 0.2) is 5.96 Å². The Kier molecular flexibility index (Phi) is 7.38. The smallest absolute Gasteiger partial charge is 0.223 e. The number of nitrogens with zero attached hydrogens (tertiary/aromatic N) is 2. The summed E-state index contributed by atoms with van der Waals surface area (Å²) in [5, 5.41) is 6.53. The van der Waals surface area contributed by atoms with Crippen LogP contribution in [0.5, 0.6) is 0 Å². The molecule has 0 bridgehead atoms. The molecule has 1 saturated carbocycles. The van der Waals surface area contributed by atoms with Crippen molar-refractivity contribution in [2.45, 2.75) is 65.2 Å². The molecule has 2 N–H and O–H groups in total. The number of likely N-dealkylation sites (tertiary alicyclic amines) is 1. The van der Waals surface area contributed by atoms with Gasteiger partial charge in [0.25, 0.3) is 0 Å². The van der Waals surface area contributed by atoms with Crippen LogP contribution in [-0.2, 0) is 4.79 Å². The number of aliphatic imine (C=N–C) groups is 1. The van der Waals surface area contributed by atoms with Crippen LogP contribution < -0.4 is 10.6 Å². The van der Waals surface area contributed by atoms with Gasteiger partial charge in [-0.1, -0.05) is 26.7 Å². The number of carbonyl (C=O) groups excluding carboxylic acids is 1. The Morgan fingerprint density at radius 3 is 2.62 bits per heavy atom. The van der Waals surface area contributed by atoms with E-state index in [1.165, 1.54) is 32.1 Å². The molecule has 2 fully saturated rings. The van der Waals surface area contributed by atoms with Crippen molar-refractivity contribution >= 4 is 11.9 Å². The number of hydrogen-bond donors (Lipinski definition) is 2. The second-order valence-corrected chi connectivity index (χ2v) is 7.83. The van der Waals surface area contributed by atoms with Gasteiger partial charge in [-0.25, -0.2) is 0 Å². The van der Waals surface area contributed by atoms with Gasteiger partial charge in [0.2, 0.25) is 5.91 Å². The molecule has 24 heavy (non-hydrogen) atoms. The molecule has 0 aromatic rings. The SMILES string of the molecule is CCCC1(C)CCCN(C(=NC)NCCCNC(=O)C2CCC2)C1. The summed E-state index contributed by atoms with van der Waals surface area (Å²) in [7, 11) is 1.87. The molecular weight excluding hydrogens is 300 g/mol. The first-order valence-electron chi connectivity index (χ1n) is 9.81. The highest BCUT2D eigenvalue weighted by molar-refractivity contribution is 5.80.